The zero-order chi connectivity index (χ0) is 21.6. The maximum Gasteiger partial charge on any atom is 0.325 e. The Morgan fingerprint density at radius 3 is 2.97 bits per heavy atom. The Morgan fingerprint density at radius 1 is 1.29 bits per heavy atom. The Kier molecular flexibility index (Phi) is 4.86. The van der Waals surface area contributed by atoms with Gasteiger partial charge in [0.05, 0.1) is 10.7 Å². The van der Waals surface area contributed by atoms with Gasteiger partial charge in [0.2, 0.25) is 5.91 Å². The summed E-state index contributed by atoms with van der Waals surface area (Å²) in [4.78, 5) is 45.2. The van der Waals surface area contributed by atoms with E-state index in [4.69, 9.17) is 0 Å². The predicted molar refractivity (Wildman–Crippen MR) is 120 cm³/mol. The van der Waals surface area contributed by atoms with Gasteiger partial charge in [-0.25, -0.2) is 9.78 Å². The van der Waals surface area contributed by atoms with Crippen molar-refractivity contribution in [1.82, 2.24) is 15.2 Å². The zero-order valence-electron chi connectivity index (χ0n) is 16.8. The smallest absolute Gasteiger partial charge is 0.325 e. The van der Waals surface area contributed by atoms with Gasteiger partial charge < -0.3 is 10.6 Å². The Bertz CT molecular complexity index is 1200. The van der Waals surface area contributed by atoms with Crippen LogP contribution < -0.4 is 10.6 Å². The minimum Gasteiger partial charge on any atom is -0.325 e. The minimum atomic E-state index is -1.03. The number of urea groups is 1. The highest BCUT2D eigenvalue weighted by atomic mass is 32.1. The molecule has 1 fully saturated rings. The summed E-state index contributed by atoms with van der Waals surface area (Å²) in [6, 6.07) is 8.75. The molecule has 3 heterocycles. The SMILES string of the molecule is Cc1nc(-c2cccc(NC(=O)CN3C(=O)N[C@@]4(CCCc5sccc54)C3=O)c2)cs1. The molecule has 3 aromatic rings. The van der Waals surface area contributed by atoms with Gasteiger partial charge in [0.15, 0.2) is 0 Å². The van der Waals surface area contributed by atoms with Gasteiger partial charge in [0.1, 0.15) is 12.1 Å². The summed E-state index contributed by atoms with van der Waals surface area (Å²) >= 11 is 3.16. The fourth-order valence-corrected chi connectivity index (χ4v) is 5.90. The number of thiophene rings is 1. The van der Waals surface area contributed by atoms with Crippen LogP contribution >= 0.6 is 22.7 Å². The van der Waals surface area contributed by atoms with Crippen LogP contribution in [0.2, 0.25) is 0 Å². The summed E-state index contributed by atoms with van der Waals surface area (Å²) in [5.41, 5.74) is 2.17. The Balaban J connectivity index is 1.32. The van der Waals surface area contributed by atoms with E-state index >= 15 is 0 Å². The standard InChI is InChI=1S/C22H20N4O3S2/c1-13-23-17(12-31-13)14-4-2-5-15(10-14)24-19(27)11-26-20(28)22(25-21(26)29)8-3-6-18-16(22)7-9-30-18/h2,4-5,7,9-10,12H,3,6,8,11H2,1H3,(H,24,27)(H,25,29)/t22-/m1/s1. The largest absolute Gasteiger partial charge is 0.325 e. The molecule has 7 nitrogen and oxygen atoms in total. The molecular formula is C22H20N4O3S2. The topological polar surface area (TPSA) is 91.4 Å². The number of thiazole rings is 1. The molecule has 1 aliphatic carbocycles. The third-order valence-electron chi connectivity index (χ3n) is 5.70. The molecule has 0 bridgehead atoms. The van der Waals surface area contributed by atoms with Crippen molar-refractivity contribution < 1.29 is 14.4 Å². The number of carbonyl (C=O) groups excluding carboxylic acids is 3. The molecule has 158 valence electrons. The van der Waals surface area contributed by atoms with Gasteiger partial charge >= 0.3 is 6.03 Å². The maximum atomic E-state index is 13.2. The van der Waals surface area contributed by atoms with Gasteiger partial charge in [-0.05, 0) is 49.8 Å². The first-order chi connectivity index (χ1) is 15.0. The minimum absolute atomic E-state index is 0.327. The molecule has 0 unspecified atom stereocenters. The molecule has 1 spiro atoms. The number of aryl methyl sites for hydroxylation is 2. The van der Waals surface area contributed by atoms with Crippen LogP contribution in [0.15, 0.2) is 41.1 Å². The van der Waals surface area contributed by atoms with Crippen molar-refractivity contribution in [2.24, 2.45) is 0 Å². The number of amides is 4. The first-order valence-electron chi connectivity index (χ1n) is 10.00. The first kappa shape index (κ1) is 19.9. The molecule has 2 N–H and O–H groups in total. The van der Waals surface area contributed by atoms with Crippen molar-refractivity contribution in [3.8, 4) is 11.3 Å². The van der Waals surface area contributed by atoms with Crippen LogP contribution in [0, 0.1) is 6.92 Å². The number of anilines is 1. The third-order valence-corrected chi connectivity index (χ3v) is 7.45. The van der Waals surface area contributed by atoms with Crippen molar-refractivity contribution in [2.45, 2.75) is 31.7 Å². The van der Waals surface area contributed by atoms with Crippen LogP contribution in [0.5, 0.6) is 0 Å². The molecule has 1 aromatic carbocycles. The van der Waals surface area contributed by atoms with E-state index in [0.717, 1.165) is 44.4 Å². The second-order valence-electron chi connectivity index (χ2n) is 7.72. The van der Waals surface area contributed by atoms with E-state index in [9.17, 15) is 14.4 Å². The first-order valence-corrected chi connectivity index (χ1v) is 11.8. The summed E-state index contributed by atoms with van der Waals surface area (Å²) in [6.07, 6.45) is 2.28. The highest BCUT2D eigenvalue weighted by Gasteiger charge is 2.54. The number of imide groups is 1. The summed E-state index contributed by atoms with van der Waals surface area (Å²) < 4.78 is 0. The van der Waals surface area contributed by atoms with Crippen LogP contribution in [0.25, 0.3) is 11.3 Å². The van der Waals surface area contributed by atoms with Gasteiger partial charge in [0, 0.05) is 27.1 Å². The van der Waals surface area contributed by atoms with Crippen molar-refractivity contribution >= 4 is 46.2 Å². The third kappa shape index (κ3) is 3.43. The van der Waals surface area contributed by atoms with Gasteiger partial charge in [0.25, 0.3) is 5.91 Å². The lowest BCUT2D eigenvalue weighted by Gasteiger charge is -2.31. The average Bonchev–Trinajstić information content (AvgIpc) is 3.45. The van der Waals surface area contributed by atoms with E-state index in [1.807, 2.05) is 41.9 Å². The number of carbonyl (C=O) groups is 3. The molecule has 1 saturated heterocycles. The number of fused-ring (bicyclic) bond motifs is 2. The van der Waals surface area contributed by atoms with Crippen molar-refractivity contribution in [2.75, 3.05) is 11.9 Å². The molecule has 31 heavy (non-hydrogen) atoms. The summed E-state index contributed by atoms with van der Waals surface area (Å²) in [6.45, 7) is 1.61. The number of hydrogen-bond acceptors (Lipinski definition) is 6. The quantitative estimate of drug-likeness (QED) is 0.588. The lowest BCUT2D eigenvalue weighted by atomic mass is 9.80. The number of rotatable bonds is 4. The second-order valence-corrected chi connectivity index (χ2v) is 9.78. The molecule has 4 amide bonds. The van der Waals surface area contributed by atoms with Crippen molar-refractivity contribution in [1.29, 1.82) is 0 Å². The van der Waals surface area contributed by atoms with E-state index in [2.05, 4.69) is 15.6 Å². The highest BCUT2D eigenvalue weighted by Crippen LogP contribution is 2.42. The molecule has 0 radical (unpaired) electrons. The lowest BCUT2D eigenvalue weighted by molar-refractivity contribution is -0.134. The molecular weight excluding hydrogens is 432 g/mol. The van der Waals surface area contributed by atoms with E-state index in [0.29, 0.717) is 12.1 Å². The average molecular weight is 453 g/mol. The van der Waals surface area contributed by atoms with Crippen LogP contribution in [0.4, 0.5) is 10.5 Å². The van der Waals surface area contributed by atoms with E-state index in [1.165, 1.54) is 0 Å². The van der Waals surface area contributed by atoms with E-state index in [-0.39, 0.29) is 12.5 Å². The fourth-order valence-electron chi connectivity index (χ4n) is 4.28. The summed E-state index contributed by atoms with van der Waals surface area (Å²) in [5.74, 6) is -0.771. The van der Waals surface area contributed by atoms with Crippen LogP contribution in [0.1, 0.15) is 28.3 Å². The van der Waals surface area contributed by atoms with Crippen molar-refractivity contribution in [3.63, 3.8) is 0 Å². The maximum absolute atomic E-state index is 13.2. The molecule has 0 saturated carbocycles. The summed E-state index contributed by atoms with van der Waals surface area (Å²) in [7, 11) is 0. The molecule has 2 aromatic heterocycles. The molecule has 1 aliphatic heterocycles. The van der Waals surface area contributed by atoms with Crippen LogP contribution in [-0.4, -0.2) is 34.3 Å². The highest BCUT2D eigenvalue weighted by molar-refractivity contribution is 7.10. The van der Waals surface area contributed by atoms with Gasteiger partial charge in [-0.1, -0.05) is 12.1 Å². The van der Waals surface area contributed by atoms with Crippen LogP contribution in [0.3, 0.4) is 0 Å². The second kappa shape index (κ2) is 7.58. The fraction of sp³-hybridized carbons (Fsp3) is 0.273. The normalized spacial score (nSPS) is 20.1. The Hall–Kier alpha value is -3.04. The molecule has 5 rings (SSSR count). The summed E-state index contributed by atoms with van der Waals surface area (Å²) in [5, 5.41) is 10.5. The van der Waals surface area contributed by atoms with Crippen molar-refractivity contribution in [3.05, 3.63) is 56.5 Å². The van der Waals surface area contributed by atoms with Gasteiger partial charge in [-0.15, -0.1) is 22.7 Å². The number of hydrogen-bond donors (Lipinski definition) is 2. The van der Waals surface area contributed by atoms with Gasteiger partial charge in [-0.2, -0.15) is 0 Å². The molecule has 2 aliphatic rings. The monoisotopic (exact) mass is 452 g/mol. The lowest BCUT2D eigenvalue weighted by Crippen LogP contribution is -2.46. The zero-order valence-corrected chi connectivity index (χ0v) is 18.4. The predicted octanol–water partition coefficient (Wildman–Crippen LogP) is 3.90. The van der Waals surface area contributed by atoms with Gasteiger partial charge in [-0.3, -0.25) is 14.5 Å². The van der Waals surface area contributed by atoms with Crippen LogP contribution in [-0.2, 0) is 21.5 Å². The molecule has 9 heteroatoms. The van der Waals surface area contributed by atoms with E-state index < -0.39 is 17.5 Å². The Labute approximate surface area is 187 Å². The number of benzene rings is 1. The Morgan fingerprint density at radius 2 is 2.16 bits per heavy atom. The molecule has 1 atom stereocenters. The number of nitrogens with one attached hydrogen (secondary N) is 2. The van der Waals surface area contributed by atoms with E-state index in [1.54, 1.807) is 28.7 Å². The number of nitrogens with zero attached hydrogens (tertiary/aromatic N) is 2. The number of aromatic nitrogens is 1.